The predicted octanol–water partition coefficient (Wildman–Crippen LogP) is 3.16. The summed E-state index contributed by atoms with van der Waals surface area (Å²) >= 11 is 8.05. The number of carbonyl (C=O) groups excluding carboxylic acids is 2. The maximum atomic E-state index is 12.0. The molecule has 2 heterocycles. The van der Waals surface area contributed by atoms with Gasteiger partial charge in [-0.3, -0.25) is 14.9 Å². The summed E-state index contributed by atoms with van der Waals surface area (Å²) in [5.41, 5.74) is 7.11. The van der Waals surface area contributed by atoms with Crippen molar-refractivity contribution in [2.24, 2.45) is 11.7 Å². The Bertz CT molecular complexity index is 796. The molecular formula is C16H17N3O2S3. The number of hydrogen-bond acceptors (Lipinski definition) is 5. The fraction of sp³-hybridized carbons (Fsp3) is 0.312. The van der Waals surface area contributed by atoms with Crippen LogP contribution in [0.2, 0.25) is 0 Å². The minimum absolute atomic E-state index is 0.169. The summed E-state index contributed by atoms with van der Waals surface area (Å²) in [6.45, 7) is 2.20. The van der Waals surface area contributed by atoms with Gasteiger partial charge in [-0.1, -0.05) is 13.0 Å². The van der Waals surface area contributed by atoms with Crippen LogP contribution in [0.15, 0.2) is 17.5 Å². The Hall–Kier alpha value is -1.77. The summed E-state index contributed by atoms with van der Waals surface area (Å²) in [5.74, 6) is -0.134. The highest BCUT2D eigenvalue weighted by Gasteiger charge is 2.27. The van der Waals surface area contributed by atoms with Gasteiger partial charge in [0.1, 0.15) is 5.00 Å². The third-order valence-electron chi connectivity index (χ3n) is 3.96. The van der Waals surface area contributed by atoms with Crippen molar-refractivity contribution in [2.45, 2.75) is 26.2 Å². The molecular weight excluding hydrogens is 362 g/mol. The van der Waals surface area contributed by atoms with Crippen molar-refractivity contribution in [1.82, 2.24) is 5.32 Å². The van der Waals surface area contributed by atoms with E-state index in [-0.39, 0.29) is 11.0 Å². The first-order valence-corrected chi connectivity index (χ1v) is 9.66. The zero-order valence-corrected chi connectivity index (χ0v) is 15.5. The fourth-order valence-electron chi connectivity index (χ4n) is 2.81. The lowest BCUT2D eigenvalue weighted by atomic mass is 9.88. The number of amides is 2. The Morgan fingerprint density at radius 1 is 1.42 bits per heavy atom. The van der Waals surface area contributed by atoms with Crippen LogP contribution in [-0.4, -0.2) is 16.9 Å². The van der Waals surface area contributed by atoms with Gasteiger partial charge >= 0.3 is 0 Å². The number of rotatable bonds is 3. The highest BCUT2D eigenvalue weighted by Crippen LogP contribution is 2.39. The lowest BCUT2D eigenvalue weighted by Crippen LogP contribution is -2.34. The number of thiophene rings is 2. The van der Waals surface area contributed by atoms with E-state index in [1.54, 1.807) is 12.1 Å². The van der Waals surface area contributed by atoms with Crippen LogP contribution in [0.3, 0.4) is 0 Å². The molecule has 0 aliphatic heterocycles. The lowest BCUT2D eigenvalue weighted by Gasteiger charge is -2.18. The van der Waals surface area contributed by atoms with Crippen LogP contribution in [0.4, 0.5) is 5.00 Å². The molecule has 24 heavy (non-hydrogen) atoms. The average molecular weight is 380 g/mol. The smallest absolute Gasteiger partial charge is 0.267 e. The summed E-state index contributed by atoms with van der Waals surface area (Å²) in [4.78, 5) is 25.7. The maximum Gasteiger partial charge on any atom is 0.267 e. The van der Waals surface area contributed by atoms with E-state index in [1.807, 2.05) is 5.38 Å². The second-order valence-corrected chi connectivity index (χ2v) is 8.27. The molecule has 2 amide bonds. The van der Waals surface area contributed by atoms with Gasteiger partial charge in [0.25, 0.3) is 11.8 Å². The molecule has 0 bridgehead atoms. The second-order valence-electron chi connectivity index (χ2n) is 5.81. The molecule has 0 spiro atoms. The number of anilines is 1. The molecule has 0 fully saturated rings. The normalized spacial score (nSPS) is 16.3. The van der Waals surface area contributed by atoms with Gasteiger partial charge in [0.2, 0.25) is 0 Å². The molecule has 1 aliphatic carbocycles. The monoisotopic (exact) mass is 379 g/mol. The SMILES string of the molecule is C[C@H]1CCc2c(sc(NC(=S)NC(=O)c3cccs3)c2C(N)=O)C1. The van der Waals surface area contributed by atoms with E-state index < -0.39 is 5.91 Å². The fourth-order valence-corrected chi connectivity index (χ4v) is 5.11. The van der Waals surface area contributed by atoms with E-state index >= 15 is 0 Å². The van der Waals surface area contributed by atoms with Crippen LogP contribution in [0.1, 0.15) is 43.8 Å². The highest BCUT2D eigenvalue weighted by molar-refractivity contribution is 7.80. The molecule has 2 aromatic rings. The Morgan fingerprint density at radius 2 is 2.21 bits per heavy atom. The number of thiocarbonyl (C=S) groups is 1. The van der Waals surface area contributed by atoms with E-state index in [4.69, 9.17) is 18.0 Å². The van der Waals surface area contributed by atoms with Crippen LogP contribution in [0.5, 0.6) is 0 Å². The van der Waals surface area contributed by atoms with Gasteiger partial charge in [0.15, 0.2) is 5.11 Å². The molecule has 5 nitrogen and oxygen atoms in total. The van der Waals surface area contributed by atoms with Crippen molar-refractivity contribution >= 4 is 56.8 Å². The number of hydrogen-bond donors (Lipinski definition) is 3. The molecule has 0 saturated heterocycles. The molecule has 0 saturated carbocycles. The van der Waals surface area contributed by atoms with Crippen molar-refractivity contribution in [3.63, 3.8) is 0 Å². The van der Waals surface area contributed by atoms with E-state index in [1.165, 1.54) is 27.6 Å². The molecule has 1 aliphatic rings. The predicted molar refractivity (Wildman–Crippen MR) is 102 cm³/mol. The number of primary amides is 1. The topological polar surface area (TPSA) is 84.2 Å². The van der Waals surface area contributed by atoms with Gasteiger partial charge in [-0.2, -0.15) is 0 Å². The molecule has 1 atom stereocenters. The van der Waals surface area contributed by atoms with Crippen molar-refractivity contribution in [2.75, 3.05) is 5.32 Å². The zero-order valence-electron chi connectivity index (χ0n) is 13.0. The summed E-state index contributed by atoms with van der Waals surface area (Å²) in [6.07, 6.45) is 2.83. The number of nitrogens with one attached hydrogen (secondary N) is 2. The Labute approximate surface area is 153 Å². The Balaban J connectivity index is 1.78. The molecule has 8 heteroatoms. The van der Waals surface area contributed by atoms with Gasteiger partial charge < -0.3 is 11.1 Å². The van der Waals surface area contributed by atoms with E-state index in [0.29, 0.717) is 21.4 Å². The molecule has 4 N–H and O–H groups in total. The molecule has 0 unspecified atom stereocenters. The minimum Gasteiger partial charge on any atom is -0.365 e. The van der Waals surface area contributed by atoms with Crippen LogP contribution >= 0.6 is 34.9 Å². The van der Waals surface area contributed by atoms with Gasteiger partial charge in [0.05, 0.1) is 10.4 Å². The first-order valence-electron chi connectivity index (χ1n) is 7.56. The van der Waals surface area contributed by atoms with Crippen molar-refractivity contribution in [3.05, 3.63) is 38.4 Å². The van der Waals surface area contributed by atoms with Gasteiger partial charge in [0, 0.05) is 4.88 Å². The quantitative estimate of drug-likeness (QED) is 0.715. The first-order chi connectivity index (χ1) is 11.5. The van der Waals surface area contributed by atoms with E-state index in [2.05, 4.69) is 17.6 Å². The third kappa shape index (κ3) is 3.50. The van der Waals surface area contributed by atoms with Crippen LogP contribution < -0.4 is 16.4 Å². The first kappa shape index (κ1) is 17.1. The lowest BCUT2D eigenvalue weighted by molar-refractivity contribution is 0.0979. The standard InChI is InChI=1S/C16H17N3O2S3/c1-8-4-5-9-11(7-8)24-15(12(9)13(17)20)19-16(22)18-14(21)10-3-2-6-23-10/h2-3,6,8H,4-5,7H2,1H3,(H2,17,20)(H2,18,19,21,22)/t8-/m0/s1. The third-order valence-corrected chi connectivity index (χ3v) is 6.20. The summed E-state index contributed by atoms with van der Waals surface area (Å²) in [7, 11) is 0. The van der Waals surface area contributed by atoms with Crippen LogP contribution in [-0.2, 0) is 12.8 Å². The second kappa shape index (κ2) is 7.00. The average Bonchev–Trinajstić information content (AvgIpc) is 3.13. The van der Waals surface area contributed by atoms with Gasteiger partial charge in [-0.15, -0.1) is 22.7 Å². The Kier molecular flexibility index (Phi) is 4.98. The summed E-state index contributed by atoms with van der Waals surface area (Å²) < 4.78 is 0. The minimum atomic E-state index is -0.461. The van der Waals surface area contributed by atoms with Crippen molar-refractivity contribution < 1.29 is 9.59 Å². The van der Waals surface area contributed by atoms with Crippen LogP contribution in [0, 0.1) is 5.92 Å². The number of fused-ring (bicyclic) bond motifs is 1. The van der Waals surface area contributed by atoms with Gasteiger partial charge in [-0.05, 0) is 54.4 Å². The van der Waals surface area contributed by atoms with E-state index in [9.17, 15) is 9.59 Å². The largest absolute Gasteiger partial charge is 0.365 e. The van der Waals surface area contributed by atoms with Crippen molar-refractivity contribution in [3.8, 4) is 0 Å². The molecule has 0 aromatic carbocycles. The molecule has 3 rings (SSSR count). The summed E-state index contributed by atoms with van der Waals surface area (Å²) in [5, 5.41) is 8.23. The number of nitrogens with two attached hydrogens (primary N) is 1. The number of carbonyl (C=O) groups is 2. The van der Waals surface area contributed by atoms with Crippen molar-refractivity contribution in [1.29, 1.82) is 0 Å². The van der Waals surface area contributed by atoms with Crippen LogP contribution in [0.25, 0.3) is 0 Å². The Morgan fingerprint density at radius 3 is 2.88 bits per heavy atom. The maximum absolute atomic E-state index is 12.0. The zero-order chi connectivity index (χ0) is 17.3. The van der Waals surface area contributed by atoms with E-state index in [0.717, 1.165) is 24.8 Å². The summed E-state index contributed by atoms with van der Waals surface area (Å²) in [6, 6.07) is 3.53. The highest BCUT2D eigenvalue weighted by atomic mass is 32.1. The molecule has 2 aromatic heterocycles. The molecule has 126 valence electrons. The van der Waals surface area contributed by atoms with Gasteiger partial charge in [-0.25, -0.2) is 0 Å². The molecule has 0 radical (unpaired) electrons.